The molecule has 0 bridgehead atoms. The molecular weight excluding hydrogens is 271 g/mol. The predicted molar refractivity (Wildman–Crippen MR) is 72.9 cm³/mol. The number of halogens is 3. The van der Waals surface area contributed by atoms with Gasteiger partial charge in [-0.1, -0.05) is 13.8 Å². The molecule has 1 aliphatic rings. The summed E-state index contributed by atoms with van der Waals surface area (Å²) < 4.78 is 42.2. The quantitative estimate of drug-likeness (QED) is 0.764. The summed E-state index contributed by atoms with van der Waals surface area (Å²) in [7, 11) is 1.66. The first-order chi connectivity index (χ1) is 9.31. The summed E-state index contributed by atoms with van der Waals surface area (Å²) in [6, 6.07) is 0.608. The highest BCUT2D eigenvalue weighted by Gasteiger charge is 2.33. The molecule has 0 aromatic carbocycles. The molecule has 1 saturated heterocycles. The molecule has 7 heteroatoms. The van der Waals surface area contributed by atoms with Crippen LogP contribution in [0.25, 0.3) is 0 Å². The van der Waals surface area contributed by atoms with E-state index < -0.39 is 12.7 Å². The lowest BCUT2D eigenvalue weighted by atomic mass is 10.2. The van der Waals surface area contributed by atoms with Crippen LogP contribution in [0.4, 0.5) is 13.2 Å². The van der Waals surface area contributed by atoms with E-state index in [1.165, 1.54) is 4.90 Å². The largest absolute Gasteiger partial charge is 0.401 e. The summed E-state index contributed by atoms with van der Waals surface area (Å²) in [5.41, 5.74) is 0. The van der Waals surface area contributed by atoms with Crippen LogP contribution in [-0.2, 0) is 4.74 Å². The lowest BCUT2D eigenvalue weighted by molar-refractivity contribution is -0.150. The van der Waals surface area contributed by atoms with E-state index in [9.17, 15) is 13.2 Å². The third kappa shape index (κ3) is 6.88. The molecule has 1 rings (SSSR count). The van der Waals surface area contributed by atoms with E-state index in [0.29, 0.717) is 38.8 Å². The van der Waals surface area contributed by atoms with Crippen molar-refractivity contribution in [1.82, 2.24) is 15.1 Å². The predicted octanol–water partition coefficient (Wildman–Crippen LogP) is 1.18. The highest BCUT2D eigenvalue weighted by molar-refractivity contribution is 4.81. The summed E-state index contributed by atoms with van der Waals surface area (Å²) in [6.45, 7) is 6.97. The first-order valence-corrected chi connectivity index (χ1v) is 7.07. The van der Waals surface area contributed by atoms with Gasteiger partial charge in [-0.3, -0.25) is 9.80 Å². The Balaban J connectivity index is 2.39. The molecule has 1 N–H and O–H groups in total. The second kappa shape index (κ2) is 8.17. The molecule has 0 amide bonds. The zero-order valence-corrected chi connectivity index (χ0v) is 12.5. The standard InChI is InChI=1S/C13H26F3N3O/c1-11(2)17-8-12(9-20-3)19-6-4-18(5-7-19)10-13(14,15)16/h11-12,17H,4-10H2,1-3H3. The van der Waals surface area contributed by atoms with Gasteiger partial charge in [-0.05, 0) is 0 Å². The number of piperazine rings is 1. The van der Waals surface area contributed by atoms with Gasteiger partial charge in [0.05, 0.1) is 13.2 Å². The molecule has 1 fully saturated rings. The number of hydrogen-bond donors (Lipinski definition) is 1. The minimum atomic E-state index is -4.10. The van der Waals surface area contributed by atoms with E-state index in [4.69, 9.17) is 4.74 Å². The van der Waals surface area contributed by atoms with Crippen LogP contribution in [0, 0.1) is 0 Å². The molecule has 120 valence electrons. The SMILES string of the molecule is COCC(CNC(C)C)N1CCN(CC(F)(F)F)CC1. The van der Waals surface area contributed by atoms with E-state index in [2.05, 4.69) is 24.1 Å². The molecule has 1 atom stereocenters. The van der Waals surface area contributed by atoms with Gasteiger partial charge in [0.1, 0.15) is 0 Å². The Morgan fingerprint density at radius 2 is 1.75 bits per heavy atom. The molecule has 1 unspecified atom stereocenters. The number of rotatable bonds is 7. The van der Waals surface area contributed by atoms with Crippen molar-refractivity contribution in [2.45, 2.75) is 32.1 Å². The lowest BCUT2D eigenvalue weighted by Crippen LogP contribution is -2.55. The molecule has 0 aromatic heterocycles. The van der Waals surface area contributed by atoms with E-state index >= 15 is 0 Å². The number of nitrogens with zero attached hydrogens (tertiary/aromatic N) is 2. The summed E-state index contributed by atoms with van der Waals surface area (Å²) in [4.78, 5) is 3.68. The van der Waals surface area contributed by atoms with Crippen LogP contribution in [0.5, 0.6) is 0 Å². The smallest absolute Gasteiger partial charge is 0.383 e. The molecule has 0 radical (unpaired) electrons. The maximum absolute atomic E-state index is 12.3. The van der Waals surface area contributed by atoms with Crippen LogP contribution in [-0.4, -0.2) is 81.0 Å². The number of methoxy groups -OCH3 is 1. The van der Waals surface area contributed by atoms with Gasteiger partial charge in [0.15, 0.2) is 0 Å². The summed E-state index contributed by atoms with van der Waals surface area (Å²) in [5.74, 6) is 0. The highest BCUT2D eigenvalue weighted by atomic mass is 19.4. The van der Waals surface area contributed by atoms with Gasteiger partial charge in [0.2, 0.25) is 0 Å². The van der Waals surface area contributed by atoms with Gasteiger partial charge in [0.25, 0.3) is 0 Å². The van der Waals surface area contributed by atoms with E-state index in [1.807, 2.05) is 0 Å². The molecule has 1 aliphatic heterocycles. The number of nitrogens with one attached hydrogen (secondary N) is 1. The Bertz CT molecular complexity index is 266. The summed E-state index contributed by atoms with van der Waals surface area (Å²) >= 11 is 0. The van der Waals surface area contributed by atoms with Gasteiger partial charge in [0, 0.05) is 51.9 Å². The molecule has 0 aromatic rings. The van der Waals surface area contributed by atoms with Crippen LogP contribution in [0.2, 0.25) is 0 Å². The van der Waals surface area contributed by atoms with Crippen molar-refractivity contribution in [1.29, 1.82) is 0 Å². The van der Waals surface area contributed by atoms with Crippen LogP contribution in [0.15, 0.2) is 0 Å². The van der Waals surface area contributed by atoms with Gasteiger partial charge < -0.3 is 10.1 Å². The van der Waals surface area contributed by atoms with Crippen molar-refractivity contribution >= 4 is 0 Å². The molecule has 1 heterocycles. The van der Waals surface area contributed by atoms with Crippen molar-refractivity contribution in [2.75, 3.05) is 53.0 Å². The topological polar surface area (TPSA) is 27.7 Å². The Morgan fingerprint density at radius 1 is 1.15 bits per heavy atom. The van der Waals surface area contributed by atoms with E-state index in [1.54, 1.807) is 7.11 Å². The van der Waals surface area contributed by atoms with Crippen LogP contribution < -0.4 is 5.32 Å². The molecular formula is C13H26F3N3O. The van der Waals surface area contributed by atoms with Crippen molar-refractivity contribution in [3.8, 4) is 0 Å². The molecule has 0 saturated carbocycles. The maximum Gasteiger partial charge on any atom is 0.401 e. The fraction of sp³-hybridized carbons (Fsp3) is 1.00. The van der Waals surface area contributed by atoms with Crippen LogP contribution in [0.1, 0.15) is 13.8 Å². The molecule has 20 heavy (non-hydrogen) atoms. The molecule has 0 spiro atoms. The zero-order chi connectivity index (χ0) is 15.2. The lowest BCUT2D eigenvalue weighted by Gasteiger charge is -2.39. The zero-order valence-electron chi connectivity index (χ0n) is 12.5. The van der Waals surface area contributed by atoms with Crippen molar-refractivity contribution in [3.63, 3.8) is 0 Å². The normalized spacial score (nSPS) is 20.6. The third-order valence-electron chi connectivity index (χ3n) is 3.45. The van der Waals surface area contributed by atoms with E-state index in [-0.39, 0.29) is 6.04 Å². The Labute approximate surface area is 119 Å². The molecule has 4 nitrogen and oxygen atoms in total. The van der Waals surface area contributed by atoms with Crippen molar-refractivity contribution in [2.24, 2.45) is 0 Å². The summed E-state index contributed by atoms with van der Waals surface area (Å²) in [6.07, 6.45) is -4.10. The van der Waals surface area contributed by atoms with Gasteiger partial charge in [-0.2, -0.15) is 13.2 Å². The fourth-order valence-electron chi connectivity index (χ4n) is 2.40. The number of hydrogen-bond acceptors (Lipinski definition) is 4. The van der Waals surface area contributed by atoms with Crippen molar-refractivity contribution < 1.29 is 17.9 Å². The van der Waals surface area contributed by atoms with Gasteiger partial charge in [-0.25, -0.2) is 0 Å². The molecule has 0 aliphatic carbocycles. The van der Waals surface area contributed by atoms with Gasteiger partial charge in [-0.15, -0.1) is 0 Å². The van der Waals surface area contributed by atoms with Crippen LogP contribution >= 0.6 is 0 Å². The first-order valence-electron chi connectivity index (χ1n) is 7.07. The highest BCUT2D eigenvalue weighted by Crippen LogP contribution is 2.18. The van der Waals surface area contributed by atoms with Gasteiger partial charge >= 0.3 is 6.18 Å². The summed E-state index contributed by atoms with van der Waals surface area (Å²) in [5, 5.41) is 3.36. The second-order valence-electron chi connectivity index (χ2n) is 5.60. The number of ether oxygens (including phenoxy) is 1. The minimum Gasteiger partial charge on any atom is -0.383 e. The van der Waals surface area contributed by atoms with E-state index in [0.717, 1.165) is 6.54 Å². The fourth-order valence-corrected chi connectivity index (χ4v) is 2.40. The minimum absolute atomic E-state index is 0.218. The first kappa shape index (κ1) is 17.7. The third-order valence-corrected chi connectivity index (χ3v) is 3.45. The average Bonchev–Trinajstić information content (AvgIpc) is 2.33. The maximum atomic E-state index is 12.3. The monoisotopic (exact) mass is 297 g/mol. The Morgan fingerprint density at radius 3 is 2.20 bits per heavy atom. The van der Waals surface area contributed by atoms with Crippen molar-refractivity contribution in [3.05, 3.63) is 0 Å². The second-order valence-corrected chi connectivity index (χ2v) is 5.60. The Hall–Kier alpha value is -0.370. The van der Waals surface area contributed by atoms with Crippen LogP contribution in [0.3, 0.4) is 0 Å². The average molecular weight is 297 g/mol. The Kier molecular flexibility index (Phi) is 7.22. The number of alkyl halides is 3.